The van der Waals surface area contributed by atoms with E-state index in [9.17, 15) is 0 Å². The molecule has 0 fully saturated rings. The first-order chi connectivity index (χ1) is 13.8. The van der Waals surface area contributed by atoms with E-state index in [1.54, 1.807) is 4.68 Å². The molecule has 28 heavy (non-hydrogen) atoms. The van der Waals surface area contributed by atoms with Crippen LogP contribution >= 0.6 is 13.4 Å². The number of fused-ring (bicyclic) bond motifs is 1. The van der Waals surface area contributed by atoms with Gasteiger partial charge in [-0.3, -0.25) is 0 Å². The summed E-state index contributed by atoms with van der Waals surface area (Å²) in [5.74, 6) is 0.749. The van der Waals surface area contributed by atoms with E-state index in [4.69, 9.17) is 14.0 Å². The standard InChI is InChI=1S/C15H17N5.3CO.BrH.Re/c1-3-4-7-12-10-20(19-18-12)15-11(2)16-13-8-5-6-9-14(13)17-15;3*1-2;;/h5-6,8-10H,3-4,7H2,1-2H3;;;;1H;/q;;;;;+1/p-1. The Balaban J connectivity index is 0. The number of aryl methyl sites for hydroxylation is 2. The number of rotatable bonds is 4. The summed E-state index contributed by atoms with van der Waals surface area (Å²) in [5, 5.41) is 8.37. The van der Waals surface area contributed by atoms with Gasteiger partial charge in [0.1, 0.15) is 0 Å². The second kappa shape index (κ2) is 18.4. The molecule has 146 valence electrons. The molecule has 3 aromatic rings. The molecule has 0 aliphatic heterocycles. The van der Waals surface area contributed by atoms with E-state index in [2.05, 4.69) is 60.6 Å². The average Bonchev–Trinajstić information content (AvgIpc) is 3.26. The van der Waals surface area contributed by atoms with Crippen molar-refractivity contribution in [1.29, 1.82) is 0 Å². The summed E-state index contributed by atoms with van der Waals surface area (Å²) in [6.45, 7) is 17.6. The van der Waals surface area contributed by atoms with E-state index >= 15 is 0 Å². The van der Waals surface area contributed by atoms with Crippen LogP contribution in [0, 0.1) is 26.9 Å². The fourth-order valence-corrected chi connectivity index (χ4v) is 2.17. The minimum atomic E-state index is 0.749. The van der Waals surface area contributed by atoms with Gasteiger partial charge in [0.05, 0.1) is 28.6 Å². The molecule has 8 nitrogen and oxygen atoms in total. The second-order valence-corrected chi connectivity index (χ2v) is 4.88. The Labute approximate surface area is 180 Å². The van der Waals surface area contributed by atoms with Crippen LogP contribution in [0.3, 0.4) is 0 Å². The third-order valence-corrected chi connectivity index (χ3v) is 3.26. The monoisotopic (exact) mass is 617 g/mol. The molecule has 0 unspecified atom stereocenters. The second-order valence-electron chi connectivity index (χ2n) is 4.88. The quantitative estimate of drug-likeness (QED) is 0.329. The van der Waals surface area contributed by atoms with Crippen molar-refractivity contribution in [3.63, 3.8) is 0 Å². The molecule has 0 radical (unpaired) electrons. The zero-order chi connectivity index (χ0) is 21.9. The molecule has 2 aromatic heterocycles. The van der Waals surface area contributed by atoms with Crippen LogP contribution in [0.25, 0.3) is 16.9 Å². The van der Waals surface area contributed by atoms with Crippen LogP contribution in [0.4, 0.5) is 0 Å². The van der Waals surface area contributed by atoms with Gasteiger partial charge in [-0.2, -0.15) is 0 Å². The van der Waals surface area contributed by atoms with Crippen molar-refractivity contribution in [2.24, 2.45) is 0 Å². The summed E-state index contributed by atoms with van der Waals surface area (Å²) < 4.78 is 24.2. The first kappa shape index (κ1) is 28.3. The molecule has 0 bridgehead atoms. The molecular weight excluding hydrogens is 600 g/mol. The minimum absolute atomic E-state index is 0.749. The van der Waals surface area contributed by atoms with Crippen LogP contribution in [0.5, 0.6) is 0 Å². The van der Waals surface area contributed by atoms with Crippen LogP contribution in [-0.4, -0.2) is 25.0 Å². The van der Waals surface area contributed by atoms with Gasteiger partial charge in [-0.1, -0.05) is 30.7 Å². The van der Waals surface area contributed by atoms with Gasteiger partial charge in [0.25, 0.3) is 0 Å². The Morgan fingerprint density at radius 2 is 1.54 bits per heavy atom. The van der Waals surface area contributed by atoms with Gasteiger partial charge >= 0.3 is 64.5 Å². The molecule has 0 saturated heterocycles. The average molecular weight is 617 g/mol. The fraction of sp³-hybridized carbons (Fsp3) is 0.278. The molecular formula is C18H17BrN5O3Re. The molecule has 0 aliphatic carbocycles. The summed E-state index contributed by atoms with van der Waals surface area (Å²) in [6, 6.07) is 7.85. The van der Waals surface area contributed by atoms with E-state index < -0.39 is 0 Å². The molecule has 10 heteroatoms. The van der Waals surface area contributed by atoms with Gasteiger partial charge < -0.3 is 0 Å². The first-order valence-corrected chi connectivity index (χ1v) is 13.6. The van der Waals surface area contributed by atoms with Crippen molar-refractivity contribution < 1.29 is 31.1 Å². The summed E-state index contributed by atoms with van der Waals surface area (Å²) in [5.41, 5.74) is 3.63. The molecule has 2 heterocycles. The van der Waals surface area contributed by atoms with Crippen LogP contribution in [0.1, 0.15) is 31.2 Å². The van der Waals surface area contributed by atoms with Crippen molar-refractivity contribution in [2.75, 3.05) is 0 Å². The summed E-state index contributed by atoms with van der Waals surface area (Å²) in [4.78, 5) is 9.21. The number of hydrogen-bond acceptors (Lipinski definition) is 4. The van der Waals surface area contributed by atoms with Gasteiger partial charge in [-0.25, -0.2) is 14.6 Å². The number of benzene rings is 1. The molecule has 0 spiro atoms. The number of aromatic nitrogens is 5. The molecule has 1 aromatic carbocycles. The third kappa shape index (κ3) is 8.83. The van der Waals surface area contributed by atoms with E-state index in [-0.39, 0.29) is 0 Å². The zero-order valence-electron chi connectivity index (χ0n) is 15.2. The van der Waals surface area contributed by atoms with Gasteiger partial charge in [-0.15, -0.1) is 5.10 Å². The third-order valence-electron chi connectivity index (χ3n) is 3.26. The maximum absolute atomic E-state index is 7.50. The number of nitrogens with zero attached hydrogens (tertiary/aromatic N) is 5. The van der Waals surface area contributed by atoms with Crippen LogP contribution in [-0.2, 0) is 37.6 Å². The Hall–Kier alpha value is -1.94. The maximum atomic E-state index is 7.50. The predicted octanol–water partition coefficient (Wildman–Crippen LogP) is 3.59. The van der Waals surface area contributed by atoms with Gasteiger partial charge in [0.2, 0.25) is 0 Å². The van der Waals surface area contributed by atoms with E-state index in [1.165, 1.54) is 17.2 Å². The van der Waals surface area contributed by atoms with E-state index in [1.807, 2.05) is 37.4 Å². The Bertz CT molecular complexity index is 866. The molecule has 0 saturated carbocycles. The summed E-state index contributed by atoms with van der Waals surface area (Å²) in [6.07, 6.45) is 5.18. The summed E-state index contributed by atoms with van der Waals surface area (Å²) in [7, 11) is 0. The topological polar surface area (TPSA) is 116 Å². The Morgan fingerprint density at radius 3 is 2.07 bits per heavy atom. The van der Waals surface area contributed by atoms with Crippen molar-refractivity contribution >= 4 is 24.5 Å². The SMILES string of the molecule is CCCCc1cn(-c2nc3ccccc3nc2C)nn1.[Br][Re].[C-]#[O+].[C-]#[O+].[C-]#[O+]. The predicted molar refractivity (Wildman–Crippen MR) is 98.5 cm³/mol. The zero-order valence-corrected chi connectivity index (χ0v) is 19.5. The molecule has 0 N–H and O–H groups in total. The number of para-hydroxylation sites is 2. The van der Waals surface area contributed by atoms with Gasteiger partial charge in [0.15, 0.2) is 5.82 Å². The number of hydrogen-bond donors (Lipinski definition) is 0. The van der Waals surface area contributed by atoms with E-state index in [0.29, 0.717) is 0 Å². The van der Waals surface area contributed by atoms with Crippen molar-refractivity contribution in [3.8, 4) is 5.82 Å². The number of unbranched alkanes of at least 4 members (excludes halogenated alkanes) is 1. The van der Waals surface area contributed by atoms with Gasteiger partial charge in [-0.05, 0) is 31.9 Å². The van der Waals surface area contributed by atoms with E-state index in [0.717, 1.165) is 47.5 Å². The van der Waals surface area contributed by atoms with Crippen molar-refractivity contribution in [2.45, 2.75) is 33.1 Å². The van der Waals surface area contributed by atoms with Gasteiger partial charge in [0, 0.05) is 0 Å². The normalized spacial score (nSPS) is 8.36. The van der Waals surface area contributed by atoms with Crippen LogP contribution < -0.4 is 0 Å². The Kier molecular flexibility index (Phi) is 18.6. The fourth-order valence-electron chi connectivity index (χ4n) is 2.17. The molecule has 0 atom stereocenters. The first-order valence-electron chi connectivity index (χ1n) is 7.68. The molecule has 3 rings (SSSR count). The molecule has 0 amide bonds. The summed E-state index contributed by atoms with van der Waals surface area (Å²) >= 11 is 4.53. The van der Waals surface area contributed by atoms with Crippen molar-refractivity contribution in [1.82, 2.24) is 25.0 Å². The van der Waals surface area contributed by atoms with Crippen LogP contribution in [0.15, 0.2) is 30.5 Å². The molecule has 0 aliphatic rings. The number of halogens is 1. The Morgan fingerprint density at radius 1 is 1.00 bits per heavy atom. The van der Waals surface area contributed by atoms with Crippen molar-refractivity contribution in [3.05, 3.63) is 61.8 Å². The van der Waals surface area contributed by atoms with Crippen LogP contribution in [0.2, 0.25) is 0 Å².